The fraction of sp³-hybridized carbons (Fsp3) is 0.0526. The topological polar surface area (TPSA) is 77.6 Å². The SMILES string of the molecule is Cc1cc(-c2c(-c3ccc(F)cc3)nc(N)c3cncnc23)cc(Cl)n1. The zero-order chi connectivity index (χ0) is 18.3. The number of nitrogens with zero attached hydrogens (tertiary/aromatic N) is 4. The predicted octanol–water partition coefficient (Wildman–Crippen LogP) is 4.44. The Labute approximate surface area is 153 Å². The van der Waals surface area contributed by atoms with Crippen molar-refractivity contribution in [1.29, 1.82) is 0 Å². The minimum atomic E-state index is -0.325. The van der Waals surface area contributed by atoms with Gasteiger partial charge in [-0.25, -0.2) is 24.3 Å². The molecule has 2 N–H and O–H groups in total. The van der Waals surface area contributed by atoms with Crippen molar-refractivity contribution in [2.45, 2.75) is 6.92 Å². The van der Waals surface area contributed by atoms with Gasteiger partial charge in [-0.05, 0) is 48.9 Å². The second kappa shape index (κ2) is 6.31. The second-order valence-corrected chi connectivity index (χ2v) is 6.22. The van der Waals surface area contributed by atoms with Crippen LogP contribution in [0.1, 0.15) is 5.69 Å². The molecular formula is C19H13ClFN5. The van der Waals surface area contributed by atoms with E-state index in [1.807, 2.05) is 13.0 Å². The van der Waals surface area contributed by atoms with Gasteiger partial charge in [0, 0.05) is 23.0 Å². The molecule has 0 atom stereocenters. The molecule has 0 amide bonds. The molecule has 7 heteroatoms. The number of hydrogen-bond donors (Lipinski definition) is 1. The number of pyridine rings is 2. The number of benzene rings is 1. The highest BCUT2D eigenvalue weighted by atomic mass is 35.5. The number of aryl methyl sites for hydroxylation is 1. The standard InChI is InChI=1S/C19H13ClFN5/c1-10-6-12(7-15(20)25-10)16-17(11-2-4-13(21)5-3-11)26-19(22)14-8-23-9-24-18(14)16/h2-9H,1H3,(H2,22,26). The molecule has 1 aromatic carbocycles. The third kappa shape index (κ3) is 2.84. The fourth-order valence-corrected chi connectivity index (χ4v) is 3.18. The normalized spacial score (nSPS) is 11.0. The second-order valence-electron chi connectivity index (χ2n) is 5.83. The van der Waals surface area contributed by atoms with Gasteiger partial charge in [-0.3, -0.25) is 0 Å². The lowest BCUT2D eigenvalue weighted by Gasteiger charge is -2.14. The number of aromatic nitrogens is 4. The molecule has 0 aliphatic rings. The van der Waals surface area contributed by atoms with Crippen LogP contribution in [0.5, 0.6) is 0 Å². The monoisotopic (exact) mass is 365 g/mol. The Morgan fingerprint density at radius 1 is 1.04 bits per heavy atom. The number of nitrogens with two attached hydrogens (primary N) is 1. The summed E-state index contributed by atoms with van der Waals surface area (Å²) in [5.41, 5.74) is 10.4. The van der Waals surface area contributed by atoms with Crippen LogP contribution in [0.3, 0.4) is 0 Å². The molecule has 0 unspecified atom stereocenters. The van der Waals surface area contributed by atoms with Crippen molar-refractivity contribution in [2.24, 2.45) is 0 Å². The van der Waals surface area contributed by atoms with Crippen molar-refractivity contribution in [3.63, 3.8) is 0 Å². The summed E-state index contributed by atoms with van der Waals surface area (Å²) in [6.45, 7) is 1.86. The Hall–Kier alpha value is -3.12. The van der Waals surface area contributed by atoms with E-state index in [0.29, 0.717) is 27.6 Å². The molecule has 3 heterocycles. The van der Waals surface area contributed by atoms with Crippen LogP contribution < -0.4 is 5.73 Å². The van der Waals surface area contributed by atoms with E-state index in [1.54, 1.807) is 24.4 Å². The third-order valence-corrected chi connectivity index (χ3v) is 4.22. The predicted molar refractivity (Wildman–Crippen MR) is 100 cm³/mol. The average Bonchev–Trinajstić information content (AvgIpc) is 2.61. The summed E-state index contributed by atoms with van der Waals surface area (Å²) in [5, 5.41) is 1.00. The molecule has 0 aliphatic heterocycles. The molecule has 0 radical (unpaired) electrons. The van der Waals surface area contributed by atoms with Crippen LogP contribution in [0.4, 0.5) is 10.2 Å². The average molecular weight is 366 g/mol. The number of fused-ring (bicyclic) bond motifs is 1. The Morgan fingerprint density at radius 2 is 1.81 bits per heavy atom. The summed E-state index contributed by atoms with van der Waals surface area (Å²) < 4.78 is 13.4. The Bertz CT molecular complexity index is 1110. The number of rotatable bonds is 2. The summed E-state index contributed by atoms with van der Waals surface area (Å²) >= 11 is 6.16. The Balaban J connectivity index is 2.12. The molecule has 4 rings (SSSR count). The molecule has 0 saturated carbocycles. The molecule has 0 fully saturated rings. The van der Waals surface area contributed by atoms with Crippen LogP contribution in [-0.4, -0.2) is 19.9 Å². The molecule has 3 aromatic heterocycles. The Kier molecular flexibility index (Phi) is 3.97. The highest BCUT2D eigenvalue weighted by Crippen LogP contribution is 2.38. The van der Waals surface area contributed by atoms with E-state index in [2.05, 4.69) is 19.9 Å². The molecule has 0 aliphatic carbocycles. The first-order chi connectivity index (χ1) is 12.5. The summed E-state index contributed by atoms with van der Waals surface area (Å²) in [6.07, 6.45) is 3.08. The quantitative estimate of drug-likeness (QED) is 0.531. The smallest absolute Gasteiger partial charge is 0.135 e. The molecular weight excluding hydrogens is 353 g/mol. The van der Waals surface area contributed by atoms with Crippen LogP contribution >= 0.6 is 11.6 Å². The summed E-state index contributed by atoms with van der Waals surface area (Å²) in [7, 11) is 0. The van der Waals surface area contributed by atoms with Crippen LogP contribution in [0.25, 0.3) is 33.3 Å². The van der Waals surface area contributed by atoms with E-state index in [0.717, 1.165) is 22.4 Å². The van der Waals surface area contributed by atoms with E-state index in [-0.39, 0.29) is 5.82 Å². The van der Waals surface area contributed by atoms with E-state index >= 15 is 0 Å². The lowest BCUT2D eigenvalue weighted by molar-refractivity contribution is 0.628. The summed E-state index contributed by atoms with van der Waals surface area (Å²) in [4.78, 5) is 17.2. The van der Waals surface area contributed by atoms with Gasteiger partial charge in [-0.15, -0.1) is 0 Å². The van der Waals surface area contributed by atoms with Gasteiger partial charge >= 0.3 is 0 Å². The van der Waals surface area contributed by atoms with Gasteiger partial charge in [0.2, 0.25) is 0 Å². The number of anilines is 1. The van der Waals surface area contributed by atoms with Gasteiger partial charge in [-0.1, -0.05) is 11.6 Å². The van der Waals surface area contributed by atoms with Crippen molar-refractivity contribution in [3.05, 3.63) is 65.6 Å². The van der Waals surface area contributed by atoms with Crippen LogP contribution in [0.15, 0.2) is 48.9 Å². The molecule has 5 nitrogen and oxygen atoms in total. The maximum absolute atomic E-state index is 13.4. The Morgan fingerprint density at radius 3 is 2.54 bits per heavy atom. The van der Waals surface area contributed by atoms with Gasteiger partial charge in [0.25, 0.3) is 0 Å². The lowest BCUT2D eigenvalue weighted by atomic mass is 9.97. The highest BCUT2D eigenvalue weighted by Gasteiger charge is 2.18. The molecule has 128 valence electrons. The van der Waals surface area contributed by atoms with E-state index in [1.165, 1.54) is 18.5 Å². The van der Waals surface area contributed by atoms with Gasteiger partial charge in [0.05, 0.1) is 16.6 Å². The van der Waals surface area contributed by atoms with Crippen molar-refractivity contribution in [2.75, 3.05) is 5.73 Å². The van der Waals surface area contributed by atoms with Gasteiger partial charge in [-0.2, -0.15) is 0 Å². The third-order valence-electron chi connectivity index (χ3n) is 4.02. The molecule has 0 saturated heterocycles. The number of nitrogen functional groups attached to an aromatic ring is 1. The van der Waals surface area contributed by atoms with Crippen LogP contribution in [0, 0.1) is 12.7 Å². The zero-order valence-electron chi connectivity index (χ0n) is 13.7. The molecule has 4 aromatic rings. The van der Waals surface area contributed by atoms with Crippen LogP contribution in [0.2, 0.25) is 5.15 Å². The zero-order valence-corrected chi connectivity index (χ0v) is 14.5. The maximum Gasteiger partial charge on any atom is 0.135 e. The largest absolute Gasteiger partial charge is 0.383 e. The summed E-state index contributed by atoms with van der Waals surface area (Å²) in [5.74, 6) is -0.0188. The van der Waals surface area contributed by atoms with Crippen molar-refractivity contribution in [1.82, 2.24) is 19.9 Å². The number of halogens is 2. The first-order valence-electron chi connectivity index (χ1n) is 7.82. The van der Waals surface area contributed by atoms with E-state index < -0.39 is 0 Å². The van der Waals surface area contributed by atoms with Gasteiger partial charge < -0.3 is 5.73 Å². The highest BCUT2D eigenvalue weighted by molar-refractivity contribution is 6.29. The van der Waals surface area contributed by atoms with Crippen molar-refractivity contribution < 1.29 is 4.39 Å². The van der Waals surface area contributed by atoms with E-state index in [9.17, 15) is 4.39 Å². The fourth-order valence-electron chi connectivity index (χ4n) is 2.93. The van der Waals surface area contributed by atoms with Gasteiger partial charge in [0.1, 0.15) is 23.1 Å². The van der Waals surface area contributed by atoms with Gasteiger partial charge in [0.15, 0.2) is 0 Å². The summed E-state index contributed by atoms with van der Waals surface area (Å²) in [6, 6.07) is 9.72. The van der Waals surface area contributed by atoms with Crippen LogP contribution in [-0.2, 0) is 0 Å². The first-order valence-corrected chi connectivity index (χ1v) is 8.20. The van der Waals surface area contributed by atoms with Crippen molar-refractivity contribution in [3.8, 4) is 22.4 Å². The lowest BCUT2D eigenvalue weighted by Crippen LogP contribution is -2.00. The number of hydrogen-bond acceptors (Lipinski definition) is 5. The first kappa shape index (κ1) is 16.4. The van der Waals surface area contributed by atoms with Crippen molar-refractivity contribution >= 4 is 28.3 Å². The molecule has 0 spiro atoms. The van der Waals surface area contributed by atoms with E-state index in [4.69, 9.17) is 17.3 Å². The minimum absolute atomic E-state index is 0.306. The molecule has 0 bridgehead atoms. The molecule has 26 heavy (non-hydrogen) atoms. The minimum Gasteiger partial charge on any atom is -0.383 e. The maximum atomic E-state index is 13.4.